The molecule has 7 nitrogen and oxygen atoms in total. The van der Waals surface area contributed by atoms with Crippen LogP contribution in [0.2, 0.25) is 0 Å². The monoisotopic (exact) mass is 459 g/mol. The van der Waals surface area contributed by atoms with Crippen LogP contribution in [0.3, 0.4) is 0 Å². The third kappa shape index (κ3) is 5.61. The summed E-state index contributed by atoms with van der Waals surface area (Å²) in [7, 11) is 0. The second-order valence-corrected chi connectivity index (χ2v) is 8.05. The van der Waals surface area contributed by atoms with Crippen molar-refractivity contribution in [3.63, 3.8) is 0 Å². The zero-order valence-corrected chi connectivity index (χ0v) is 18.5. The van der Waals surface area contributed by atoms with Gasteiger partial charge < -0.3 is 19.4 Å². The molecule has 0 aliphatic heterocycles. The first kappa shape index (κ1) is 23.0. The molecule has 0 aliphatic carbocycles. The molecular formula is C27H25NO6. The van der Waals surface area contributed by atoms with Gasteiger partial charge in [0.25, 0.3) is 0 Å². The Hall–Kier alpha value is -4.13. The minimum absolute atomic E-state index is 0.125. The van der Waals surface area contributed by atoms with Gasteiger partial charge >= 0.3 is 11.9 Å². The predicted octanol–water partition coefficient (Wildman–Crippen LogP) is 5.89. The van der Waals surface area contributed by atoms with E-state index < -0.39 is 17.9 Å². The zero-order chi connectivity index (χ0) is 23.9. The van der Waals surface area contributed by atoms with Crippen molar-refractivity contribution >= 4 is 22.7 Å². The van der Waals surface area contributed by atoms with E-state index in [4.69, 9.17) is 19.4 Å². The molecule has 0 unspecified atom stereocenters. The highest BCUT2D eigenvalue weighted by Crippen LogP contribution is 2.29. The van der Waals surface area contributed by atoms with Crippen molar-refractivity contribution in [3.05, 3.63) is 72.9 Å². The number of oxazole rings is 1. The Morgan fingerprint density at radius 1 is 0.853 bits per heavy atom. The molecule has 0 aliphatic rings. The van der Waals surface area contributed by atoms with Crippen LogP contribution < -0.4 is 4.74 Å². The molecule has 0 fully saturated rings. The second kappa shape index (κ2) is 10.7. The molecule has 0 atom stereocenters. The zero-order valence-electron chi connectivity index (χ0n) is 18.5. The van der Waals surface area contributed by atoms with Crippen LogP contribution in [0.15, 0.2) is 77.3 Å². The SMILES string of the molecule is O=C(O)C(CCCCCOc1ccc2cc(-c3ncc(-c4ccccc4)o3)ccc2c1)C(=O)O. The maximum absolute atomic E-state index is 10.9. The predicted molar refractivity (Wildman–Crippen MR) is 128 cm³/mol. The van der Waals surface area contributed by atoms with Crippen LogP contribution in [0.5, 0.6) is 5.75 Å². The van der Waals surface area contributed by atoms with Crippen molar-refractivity contribution in [2.45, 2.75) is 25.7 Å². The maximum Gasteiger partial charge on any atom is 0.317 e. The minimum Gasteiger partial charge on any atom is -0.494 e. The van der Waals surface area contributed by atoms with Gasteiger partial charge in [-0.05, 0) is 47.9 Å². The number of unbranched alkanes of at least 4 members (excludes halogenated alkanes) is 2. The van der Waals surface area contributed by atoms with E-state index in [1.54, 1.807) is 6.20 Å². The van der Waals surface area contributed by atoms with Crippen molar-refractivity contribution < 1.29 is 29.0 Å². The molecule has 34 heavy (non-hydrogen) atoms. The van der Waals surface area contributed by atoms with E-state index in [1.807, 2.05) is 66.7 Å². The lowest BCUT2D eigenvalue weighted by molar-refractivity contribution is -0.154. The Kier molecular flexibility index (Phi) is 7.22. The van der Waals surface area contributed by atoms with Crippen molar-refractivity contribution in [2.75, 3.05) is 6.61 Å². The number of carbonyl (C=O) groups is 2. The van der Waals surface area contributed by atoms with E-state index in [0.717, 1.165) is 39.8 Å². The normalized spacial score (nSPS) is 11.1. The van der Waals surface area contributed by atoms with E-state index >= 15 is 0 Å². The van der Waals surface area contributed by atoms with Gasteiger partial charge in [0, 0.05) is 11.1 Å². The van der Waals surface area contributed by atoms with Crippen molar-refractivity contribution in [1.82, 2.24) is 4.98 Å². The van der Waals surface area contributed by atoms with Gasteiger partial charge in [-0.2, -0.15) is 0 Å². The number of carboxylic acid groups (broad SMARTS) is 2. The summed E-state index contributed by atoms with van der Waals surface area (Å²) in [6.45, 7) is 0.479. The van der Waals surface area contributed by atoms with Crippen LogP contribution in [0.25, 0.3) is 33.6 Å². The number of rotatable bonds is 11. The van der Waals surface area contributed by atoms with Gasteiger partial charge in [-0.3, -0.25) is 9.59 Å². The standard InChI is InChI=1S/C27H25NO6/c29-26(30)23(27(31)32)9-5-2-6-14-33-22-13-12-19-15-21(11-10-20(19)16-22)25-28-17-24(34-25)18-7-3-1-4-8-18/h1,3-4,7-8,10-13,15-17,23H,2,5-6,9,14H2,(H,29,30)(H,31,32). The van der Waals surface area contributed by atoms with Gasteiger partial charge in [-0.25, -0.2) is 4.98 Å². The Morgan fingerprint density at radius 2 is 1.59 bits per heavy atom. The van der Waals surface area contributed by atoms with Crippen molar-refractivity contribution in [3.8, 4) is 28.5 Å². The van der Waals surface area contributed by atoms with Gasteiger partial charge in [0.2, 0.25) is 5.89 Å². The molecule has 7 heteroatoms. The highest BCUT2D eigenvalue weighted by Gasteiger charge is 2.24. The fourth-order valence-electron chi connectivity index (χ4n) is 3.76. The van der Waals surface area contributed by atoms with Crippen LogP contribution in [0.1, 0.15) is 25.7 Å². The molecule has 3 aromatic carbocycles. The van der Waals surface area contributed by atoms with Crippen LogP contribution in [-0.4, -0.2) is 33.7 Å². The van der Waals surface area contributed by atoms with Crippen molar-refractivity contribution in [2.24, 2.45) is 5.92 Å². The number of benzene rings is 3. The van der Waals surface area contributed by atoms with Gasteiger partial charge in [0.1, 0.15) is 5.75 Å². The van der Waals surface area contributed by atoms with Gasteiger partial charge in [0.15, 0.2) is 11.7 Å². The fraction of sp³-hybridized carbons (Fsp3) is 0.222. The molecule has 0 saturated heterocycles. The number of carboxylic acids is 2. The molecule has 0 spiro atoms. The number of fused-ring (bicyclic) bond motifs is 1. The smallest absolute Gasteiger partial charge is 0.317 e. The molecule has 0 amide bonds. The molecule has 4 aromatic rings. The first-order valence-corrected chi connectivity index (χ1v) is 11.1. The lowest BCUT2D eigenvalue weighted by Crippen LogP contribution is -2.23. The van der Waals surface area contributed by atoms with E-state index in [-0.39, 0.29) is 6.42 Å². The highest BCUT2D eigenvalue weighted by molar-refractivity contribution is 5.92. The molecule has 4 rings (SSSR count). The summed E-state index contributed by atoms with van der Waals surface area (Å²) in [5, 5.41) is 19.9. The third-order valence-corrected chi connectivity index (χ3v) is 5.62. The first-order valence-electron chi connectivity index (χ1n) is 11.1. The van der Waals surface area contributed by atoms with Crippen LogP contribution >= 0.6 is 0 Å². The molecule has 174 valence electrons. The number of hydrogen-bond donors (Lipinski definition) is 2. The largest absolute Gasteiger partial charge is 0.494 e. The Morgan fingerprint density at radius 3 is 2.35 bits per heavy atom. The average Bonchev–Trinajstić information content (AvgIpc) is 3.33. The summed E-state index contributed by atoms with van der Waals surface area (Å²) in [5.74, 6) is -1.88. The molecule has 0 radical (unpaired) electrons. The lowest BCUT2D eigenvalue weighted by Gasteiger charge is -2.09. The van der Waals surface area contributed by atoms with E-state index in [1.165, 1.54) is 0 Å². The molecule has 0 bridgehead atoms. The Labute approximate surface area is 196 Å². The number of aromatic nitrogens is 1. The van der Waals surface area contributed by atoms with Crippen LogP contribution in [0, 0.1) is 5.92 Å². The topological polar surface area (TPSA) is 110 Å². The van der Waals surface area contributed by atoms with E-state index in [9.17, 15) is 9.59 Å². The fourth-order valence-corrected chi connectivity index (χ4v) is 3.76. The maximum atomic E-state index is 10.9. The summed E-state index contributed by atoms with van der Waals surface area (Å²) >= 11 is 0. The summed E-state index contributed by atoms with van der Waals surface area (Å²) in [4.78, 5) is 26.2. The lowest BCUT2D eigenvalue weighted by atomic mass is 10.0. The molecule has 1 aromatic heterocycles. The van der Waals surface area contributed by atoms with E-state index in [2.05, 4.69) is 4.98 Å². The number of hydrogen-bond acceptors (Lipinski definition) is 5. The first-order chi connectivity index (χ1) is 16.5. The minimum atomic E-state index is -1.34. The summed E-state index contributed by atoms with van der Waals surface area (Å²) < 4.78 is 11.8. The van der Waals surface area contributed by atoms with Crippen LogP contribution in [0.4, 0.5) is 0 Å². The Bertz CT molecular complexity index is 1270. The number of ether oxygens (including phenoxy) is 1. The summed E-state index contributed by atoms with van der Waals surface area (Å²) in [6, 6.07) is 21.7. The van der Waals surface area contributed by atoms with Gasteiger partial charge in [0.05, 0.1) is 12.8 Å². The molecule has 1 heterocycles. The molecular weight excluding hydrogens is 434 g/mol. The average molecular weight is 459 g/mol. The van der Waals surface area contributed by atoms with Crippen LogP contribution in [-0.2, 0) is 9.59 Å². The second-order valence-electron chi connectivity index (χ2n) is 8.05. The molecule has 0 saturated carbocycles. The molecule has 2 N–H and O–H groups in total. The van der Waals surface area contributed by atoms with Gasteiger partial charge in [-0.15, -0.1) is 0 Å². The van der Waals surface area contributed by atoms with E-state index in [0.29, 0.717) is 25.3 Å². The van der Waals surface area contributed by atoms with Gasteiger partial charge in [-0.1, -0.05) is 55.3 Å². The van der Waals surface area contributed by atoms with Crippen molar-refractivity contribution in [1.29, 1.82) is 0 Å². The summed E-state index contributed by atoms with van der Waals surface area (Å²) in [6.07, 6.45) is 3.81. The highest BCUT2D eigenvalue weighted by atomic mass is 16.5. The number of aliphatic carboxylic acids is 2. The third-order valence-electron chi connectivity index (χ3n) is 5.62. The summed E-state index contributed by atoms with van der Waals surface area (Å²) in [5.41, 5.74) is 1.87. The quantitative estimate of drug-likeness (QED) is 0.213. The number of nitrogens with zero attached hydrogens (tertiary/aromatic N) is 1. The Balaban J connectivity index is 1.32.